The molecule has 5 nitrogen and oxygen atoms in total. The fourth-order valence-corrected chi connectivity index (χ4v) is 1.86. The Labute approximate surface area is 121 Å². The van der Waals surface area contributed by atoms with Crippen molar-refractivity contribution in [2.75, 3.05) is 39.3 Å². The maximum Gasteiger partial charge on any atom is 0.305 e. The van der Waals surface area contributed by atoms with E-state index in [4.69, 9.17) is 0 Å². The molecule has 0 unspecified atom stereocenters. The monoisotopic (exact) mass is 289 g/mol. The zero-order chi connectivity index (χ0) is 14.3. The molecule has 0 rings (SSSR count). The summed E-state index contributed by atoms with van der Waals surface area (Å²) in [4.78, 5) is 15.0. The van der Waals surface area contributed by atoms with E-state index in [1.807, 2.05) is 11.8 Å². The molecular weight excluding hydrogens is 262 g/mol. The standard InChI is InChI=1S/C13H27N3O2S/c1-14-13(16-10-11-19-3)15-9-7-5-4-6-8-12(17)18-2/h4-11H2,1-3H3,(H2,14,15,16). The van der Waals surface area contributed by atoms with Crippen molar-refractivity contribution in [2.45, 2.75) is 32.1 Å². The number of esters is 1. The average molecular weight is 289 g/mol. The van der Waals surface area contributed by atoms with E-state index in [1.54, 1.807) is 7.05 Å². The van der Waals surface area contributed by atoms with E-state index >= 15 is 0 Å². The lowest BCUT2D eigenvalue weighted by molar-refractivity contribution is -0.140. The maximum atomic E-state index is 10.9. The zero-order valence-corrected chi connectivity index (χ0v) is 13.1. The molecule has 0 fully saturated rings. The number of nitrogens with one attached hydrogen (secondary N) is 2. The van der Waals surface area contributed by atoms with Gasteiger partial charge < -0.3 is 15.4 Å². The van der Waals surface area contributed by atoms with Crippen LogP contribution >= 0.6 is 11.8 Å². The van der Waals surface area contributed by atoms with Crippen molar-refractivity contribution < 1.29 is 9.53 Å². The minimum atomic E-state index is -0.114. The van der Waals surface area contributed by atoms with Gasteiger partial charge in [-0.2, -0.15) is 11.8 Å². The number of carbonyl (C=O) groups excluding carboxylic acids is 1. The molecule has 112 valence electrons. The molecule has 0 saturated heterocycles. The van der Waals surface area contributed by atoms with E-state index in [2.05, 4.69) is 26.6 Å². The minimum Gasteiger partial charge on any atom is -0.469 e. The van der Waals surface area contributed by atoms with Gasteiger partial charge in [0.25, 0.3) is 0 Å². The van der Waals surface area contributed by atoms with Crippen LogP contribution in [0.4, 0.5) is 0 Å². The number of thioether (sulfide) groups is 1. The molecule has 0 aromatic carbocycles. The first-order chi connectivity index (χ1) is 9.24. The molecule has 0 bridgehead atoms. The van der Waals surface area contributed by atoms with Crippen LogP contribution in [0.5, 0.6) is 0 Å². The van der Waals surface area contributed by atoms with Crippen LogP contribution in [0.3, 0.4) is 0 Å². The van der Waals surface area contributed by atoms with Gasteiger partial charge in [0.15, 0.2) is 5.96 Å². The number of ether oxygens (including phenoxy) is 1. The Morgan fingerprint density at radius 3 is 2.47 bits per heavy atom. The van der Waals surface area contributed by atoms with Crippen molar-refractivity contribution in [3.05, 3.63) is 0 Å². The Bertz CT molecular complexity index is 260. The lowest BCUT2D eigenvalue weighted by Gasteiger charge is -2.11. The quantitative estimate of drug-likeness (QED) is 0.277. The molecule has 0 heterocycles. The fourth-order valence-electron chi connectivity index (χ4n) is 1.55. The molecule has 6 heteroatoms. The third-order valence-electron chi connectivity index (χ3n) is 2.65. The van der Waals surface area contributed by atoms with E-state index in [0.29, 0.717) is 6.42 Å². The maximum absolute atomic E-state index is 10.9. The summed E-state index contributed by atoms with van der Waals surface area (Å²) in [6.45, 7) is 1.84. The van der Waals surface area contributed by atoms with Crippen LogP contribution in [0.2, 0.25) is 0 Å². The van der Waals surface area contributed by atoms with Gasteiger partial charge in [0.05, 0.1) is 7.11 Å². The van der Waals surface area contributed by atoms with Crippen LogP contribution < -0.4 is 10.6 Å². The Balaban J connectivity index is 3.39. The molecule has 0 spiro atoms. The highest BCUT2D eigenvalue weighted by Gasteiger charge is 1.99. The molecule has 0 aliphatic heterocycles. The summed E-state index contributed by atoms with van der Waals surface area (Å²) < 4.78 is 4.59. The molecule has 0 saturated carbocycles. The molecule has 0 aromatic heterocycles. The van der Waals surface area contributed by atoms with Gasteiger partial charge in [0, 0.05) is 32.3 Å². The van der Waals surface area contributed by atoms with Crippen LogP contribution in [0, 0.1) is 0 Å². The van der Waals surface area contributed by atoms with Gasteiger partial charge in [-0.3, -0.25) is 9.79 Å². The average Bonchev–Trinajstić information content (AvgIpc) is 2.44. The van der Waals surface area contributed by atoms with Crippen LogP contribution in [0.1, 0.15) is 32.1 Å². The molecule has 0 aromatic rings. The predicted molar refractivity (Wildman–Crippen MR) is 82.8 cm³/mol. The van der Waals surface area contributed by atoms with E-state index in [-0.39, 0.29) is 5.97 Å². The van der Waals surface area contributed by atoms with E-state index in [9.17, 15) is 4.79 Å². The van der Waals surface area contributed by atoms with Gasteiger partial charge in [0.2, 0.25) is 0 Å². The second-order valence-corrected chi connectivity index (χ2v) is 5.14. The summed E-state index contributed by atoms with van der Waals surface area (Å²) in [6.07, 6.45) is 6.80. The van der Waals surface area contributed by atoms with Crippen molar-refractivity contribution in [3.8, 4) is 0 Å². The van der Waals surface area contributed by atoms with Crippen LogP contribution in [0.15, 0.2) is 4.99 Å². The molecule has 0 radical (unpaired) electrons. The first-order valence-corrected chi connectivity index (χ1v) is 8.14. The summed E-state index contributed by atoms with van der Waals surface area (Å²) in [5.74, 6) is 1.83. The molecule has 19 heavy (non-hydrogen) atoms. The number of nitrogens with zero attached hydrogens (tertiary/aromatic N) is 1. The molecule has 0 atom stereocenters. The van der Waals surface area contributed by atoms with Gasteiger partial charge in [-0.15, -0.1) is 0 Å². The van der Waals surface area contributed by atoms with Gasteiger partial charge in [-0.25, -0.2) is 0 Å². The van der Waals surface area contributed by atoms with Crippen LogP contribution in [0.25, 0.3) is 0 Å². The number of carbonyl (C=O) groups is 1. The number of hydrogen-bond acceptors (Lipinski definition) is 4. The van der Waals surface area contributed by atoms with Gasteiger partial charge in [-0.05, 0) is 19.1 Å². The fraction of sp³-hybridized carbons (Fsp3) is 0.846. The summed E-state index contributed by atoms with van der Waals surface area (Å²) in [7, 11) is 3.21. The number of aliphatic imine (C=N–C) groups is 1. The summed E-state index contributed by atoms with van der Waals surface area (Å²) in [6, 6.07) is 0. The second-order valence-electron chi connectivity index (χ2n) is 4.16. The molecular formula is C13H27N3O2S. The summed E-state index contributed by atoms with van der Waals surface area (Å²) in [5.41, 5.74) is 0. The third kappa shape index (κ3) is 11.9. The van der Waals surface area contributed by atoms with Crippen molar-refractivity contribution in [2.24, 2.45) is 4.99 Å². The van der Waals surface area contributed by atoms with Gasteiger partial charge in [-0.1, -0.05) is 12.8 Å². The minimum absolute atomic E-state index is 0.114. The molecule has 0 amide bonds. The lowest BCUT2D eigenvalue weighted by Crippen LogP contribution is -2.38. The third-order valence-corrected chi connectivity index (χ3v) is 3.26. The number of guanidine groups is 1. The van der Waals surface area contributed by atoms with Crippen molar-refractivity contribution in [1.82, 2.24) is 10.6 Å². The number of rotatable bonds is 10. The highest BCUT2D eigenvalue weighted by Crippen LogP contribution is 2.03. The van der Waals surface area contributed by atoms with Gasteiger partial charge in [0.1, 0.15) is 0 Å². The smallest absolute Gasteiger partial charge is 0.305 e. The highest BCUT2D eigenvalue weighted by atomic mass is 32.2. The summed E-state index contributed by atoms with van der Waals surface area (Å²) in [5, 5.41) is 6.53. The largest absolute Gasteiger partial charge is 0.469 e. The predicted octanol–water partition coefficient (Wildman–Crippen LogP) is 1.64. The Kier molecular flexibility index (Phi) is 12.9. The van der Waals surface area contributed by atoms with Gasteiger partial charge >= 0.3 is 5.97 Å². The first kappa shape index (κ1) is 18.1. The normalized spacial score (nSPS) is 11.2. The highest BCUT2D eigenvalue weighted by molar-refractivity contribution is 7.98. The number of hydrogen-bond donors (Lipinski definition) is 2. The van der Waals surface area contributed by atoms with Crippen LogP contribution in [-0.2, 0) is 9.53 Å². The lowest BCUT2D eigenvalue weighted by atomic mass is 10.1. The van der Waals surface area contributed by atoms with Crippen LogP contribution in [-0.4, -0.2) is 51.2 Å². The van der Waals surface area contributed by atoms with Crippen molar-refractivity contribution >= 4 is 23.7 Å². The Hall–Kier alpha value is -0.910. The topological polar surface area (TPSA) is 62.7 Å². The van der Waals surface area contributed by atoms with Crippen molar-refractivity contribution in [3.63, 3.8) is 0 Å². The van der Waals surface area contributed by atoms with E-state index < -0.39 is 0 Å². The molecule has 0 aliphatic rings. The zero-order valence-electron chi connectivity index (χ0n) is 12.3. The van der Waals surface area contributed by atoms with E-state index in [0.717, 1.165) is 50.5 Å². The number of methoxy groups -OCH3 is 1. The summed E-state index contributed by atoms with van der Waals surface area (Å²) >= 11 is 1.81. The molecule has 2 N–H and O–H groups in total. The van der Waals surface area contributed by atoms with Crippen molar-refractivity contribution in [1.29, 1.82) is 0 Å². The second kappa shape index (κ2) is 13.5. The Morgan fingerprint density at radius 2 is 1.84 bits per heavy atom. The SMILES string of the molecule is CN=C(NCCCCCCC(=O)OC)NCCSC. The number of unbranched alkanes of at least 4 members (excludes halogenated alkanes) is 3. The Morgan fingerprint density at radius 1 is 1.16 bits per heavy atom. The van der Waals surface area contributed by atoms with E-state index in [1.165, 1.54) is 7.11 Å². The molecule has 0 aliphatic carbocycles. The first-order valence-electron chi connectivity index (χ1n) is 6.74.